The van der Waals surface area contributed by atoms with Gasteiger partial charge in [-0.25, -0.2) is 8.42 Å². The molecule has 0 aliphatic carbocycles. The van der Waals surface area contributed by atoms with E-state index in [1.807, 2.05) is 0 Å². The Morgan fingerprint density at radius 2 is 1.96 bits per heavy atom. The summed E-state index contributed by atoms with van der Waals surface area (Å²) in [6, 6.07) is 3.25. The van der Waals surface area contributed by atoms with Crippen molar-refractivity contribution in [3.8, 4) is 0 Å². The normalized spacial score (nSPS) is 22.3. The van der Waals surface area contributed by atoms with Gasteiger partial charge >= 0.3 is 5.76 Å². The fourth-order valence-corrected chi connectivity index (χ4v) is 4.24. The molecule has 0 amide bonds. The first-order valence-corrected chi connectivity index (χ1v) is 10.2. The Kier molecular flexibility index (Phi) is 5.92. The molecule has 2 aliphatic heterocycles. The second-order valence-electron chi connectivity index (χ2n) is 6.71. The summed E-state index contributed by atoms with van der Waals surface area (Å²) in [7, 11) is -4.88. The van der Waals surface area contributed by atoms with Crippen molar-refractivity contribution in [2.24, 2.45) is 0 Å². The number of likely N-dealkylation sites (tertiary alicyclic amines) is 1. The number of hydrogen-bond donors (Lipinski definition) is 1. The van der Waals surface area contributed by atoms with E-state index < -0.39 is 31.1 Å². The van der Waals surface area contributed by atoms with Crippen LogP contribution in [0.15, 0.2) is 23.1 Å². The molecule has 0 saturated carbocycles. The molecule has 1 unspecified atom stereocenters. The highest BCUT2D eigenvalue weighted by Crippen LogP contribution is 2.31. The molecule has 27 heavy (non-hydrogen) atoms. The maximum atomic E-state index is 12.7. The molecular formula is C16H21F2N3O5S. The largest absolute Gasteiger partial charge is 0.380 e. The summed E-state index contributed by atoms with van der Waals surface area (Å²) in [6.45, 7) is 3.15. The number of nitro groups is 1. The number of sulfone groups is 1. The Labute approximate surface area is 155 Å². The topological polar surface area (TPSA) is 102 Å². The molecule has 150 valence electrons. The lowest BCUT2D eigenvalue weighted by Crippen LogP contribution is -2.44. The van der Waals surface area contributed by atoms with E-state index in [0.717, 1.165) is 51.6 Å². The number of nitrogens with one attached hydrogen (secondary N) is 1. The highest BCUT2D eigenvalue weighted by atomic mass is 32.2. The maximum Gasteiger partial charge on any atom is 0.341 e. The minimum Gasteiger partial charge on any atom is -0.380 e. The first-order valence-electron chi connectivity index (χ1n) is 8.68. The lowest BCUT2D eigenvalue weighted by Gasteiger charge is -2.35. The van der Waals surface area contributed by atoms with Gasteiger partial charge in [0, 0.05) is 37.8 Å². The van der Waals surface area contributed by atoms with Gasteiger partial charge < -0.3 is 10.1 Å². The van der Waals surface area contributed by atoms with E-state index in [0.29, 0.717) is 12.1 Å². The predicted molar refractivity (Wildman–Crippen MR) is 93.7 cm³/mol. The summed E-state index contributed by atoms with van der Waals surface area (Å²) in [5.41, 5.74) is -0.390. The Morgan fingerprint density at radius 1 is 1.26 bits per heavy atom. The average molecular weight is 405 g/mol. The molecule has 0 bridgehead atoms. The van der Waals surface area contributed by atoms with E-state index in [1.165, 1.54) is 6.07 Å². The zero-order chi connectivity index (χ0) is 19.6. The Bertz CT molecular complexity index is 791. The number of piperidine rings is 1. The van der Waals surface area contributed by atoms with Crippen molar-refractivity contribution in [3.05, 3.63) is 28.3 Å². The molecule has 1 aromatic rings. The molecule has 1 N–H and O–H groups in total. The Hall–Kier alpha value is -1.85. The molecule has 0 radical (unpaired) electrons. The summed E-state index contributed by atoms with van der Waals surface area (Å²) < 4.78 is 53.9. The van der Waals surface area contributed by atoms with Crippen LogP contribution in [0.25, 0.3) is 0 Å². The summed E-state index contributed by atoms with van der Waals surface area (Å²) in [5, 5.41) is 14.4. The monoisotopic (exact) mass is 405 g/mol. The first-order chi connectivity index (χ1) is 12.8. The maximum absolute atomic E-state index is 12.7. The third-order valence-electron chi connectivity index (χ3n) is 5.04. The van der Waals surface area contributed by atoms with Crippen LogP contribution >= 0.6 is 0 Å². The molecule has 2 heterocycles. The van der Waals surface area contributed by atoms with E-state index in [1.54, 1.807) is 0 Å². The van der Waals surface area contributed by atoms with Crippen molar-refractivity contribution >= 4 is 21.2 Å². The van der Waals surface area contributed by atoms with Crippen molar-refractivity contribution in [1.29, 1.82) is 0 Å². The van der Waals surface area contributed by atoms with Crippen LogP contribution in [-0.4, -0.2) is 62.4 Å². The lowest BCUT2D eigenvalue weighted by atomic mass is 10.0. The highest BCUT2D eigenvalue weighted by molar-refractivity contribution is 7.91. The smallest absolute Gasteiger partial charge is 0.341 e. The molecule has 1 atom stereocenters. The fourth-order valence-electron chi connectivity index (χ4n) is 3.50. The van der Waals surface area contributed by atoms with Gasteiger partial charge in [-0.15, -0.1) is 0 Å². The van der Waals surface area contributed by atoms with Crippen molar-refractivity contribution in [2.75, 3.05) is 31.6 Å². The third-order valence-corrected chi connectivity index (χ3v) is 6.42. The number of rotatable bonds is 6. The standard InChI is InChI=1S/C16H21F2N3O5S/c17-16(18)27(24,25)13-1-2-14(15(9-13)21(22)23)19-11-3-6-20(7-4-11)12-5-8-26-10-12/h1-2,9,11-12,16,19H,3-8,10H2. The number of halogens is 2. The van der Waals surface area contributed by atoms with Gasteiger partial charge in [0.1, 0.15) is 5.69 Å². The van der Waals surface area contributed by atoms with Crippen LogP contribution in [0.3, 0.4) is 0 Å². The van der Waals surface area contributed by atoms with Crippen LogP contribution in [0.4, 0.5) is 20.2 Å². The third kappa shape index (κ3) is 4.36. The Balaban J connectivity index is 1.70. The number of ether oxygens (including phenoxy) is 1. The zero-order valence-electron chi connectivity index (χ0n) is 14.5. The van der Waals surface area contributed by atoms with Crippen LogP contribution in [0.2, 0.25) is 0 Å². The highest BCUT2D eigenvalue weighted by Gasteiger charge is 2.31. The van der Waals surface area contributed by atoms with Crippen molar-refractivity contribution in [2.45, 2.75) is 42.0 Å². The van der Waals surface area contributed by atoms with Gasteiger partial charge in [-0.05, 0) is 31.4 Å². The number of anilines is 1. The van der Waals surface area contributed by atoms with Gasteiger partial charge in [0.15, 0.2) is 0 Å². The second-order valence-corrected chi connectivity index (χ2v) is 8.63. The van der Waals surface area contributed by atoms with Gasteiger partial charge in [0.25, 0.3) is 5.69 Å². The molecular weight excluding hydrogens is 384 g/mol. The zero-order valence-corrected chi connectivity index (χ0v) is 15.3. The lowest BCUT2D eigenvalue weighted by molar-refractivity contribution is -0.384. The van der Waals surface area contributed by atoms with Gasteiger partial charge in [-0.1, -0.05) is 0 Å². The number of nitro benzene ring substituents is 1. The molecule has 11 heteroatoms. The van der Waals surface area contributed by atoms with Crippen LogP contribution in [0, 0.1) is 10.1 Å². The van der Waals surface area contributed by atoms with Crippen molar-refractivity contribution in [3.63, 3.8) is 0 Å². The first kappa shape index (κ1) is 19.9. The SMILES string of the molecule is O=[N+]([O-])c1cc(S(=O)(=O)C(F)F)ccc1NC1CCN(C2CCOC2)CC1. The molecule has 0 spiro atoms. The Morgan fingerprint density at radius 3 is 2.52 bits per heavy atom. The molecule has 3 rings (SSSR count). The van der Waals surface area contributed by atoms with E-state index >= 15 is 0 Å². The summed E-state index contributed by atoms with van der Waals surface area (Å²) in [6.07, 6.45) is 2.54. The van der Waals surface area contributed by atoms with Crippen molar-refractivity contribution < 1.29 is 26.9 Å². The molecule has 2 aliphatic rings. The van der Waals surface area contributed by atoms with Gasteiger partial charge in [-0.3, -0.25) is 15.0 Å². The molecule has 1 aromatic carbocycles. The average Bonchev–Trinajstić information content (AvgIpc) is 3.17. The van der Waals surface area contributed by atoms with Gasteiger partial charge in [0.2, 0.25) is 9.84 Å². The molecule has 0 aromatic heterocycles. The van der Waals surface area contributed by atoms with Gasteiger partial charge in [-0.2, -0.15) is 8.78 Å². The van der Waals surface area contributed by atoms with E-state index in [4.69, 9.17) is 4.74 Å². The molecule has 8 nitrogen and oxygen atoms in total. The number of hydrogen-bond acceptors (Lipinski definition) is 7. The minimum atomic E-state index is -4.88. The van der Waals surface area contributed by atoms with Crippen LogP contribution < -0.4 is 5.32 Å². The second kappa shape index (κ2) is 8.03. The summed E-state index contributed by atoms with van der Waals surface area (Å²) >= 11 is 0. The number of nitrogens with zero attached hydrogens (tertiary/aromatic N) is 2. The fraction of sp³-hybridized carbons (Fsp3) is 0.625. The predicted octanol–water partition coefficient (Wildman–Crippen LogP) is 2.26. The minimum absolute atomic E-state index is 0.0140. The van der Waals surface area contributed by atoms with E-state index in [-0.39, 0.29) is 11.7 Å². The number of benzene rings is 1. The van der Waals surface area contributed by atoms with Crippen LogP contribution in [-0.2, 0) is 14.6 Å². The van der Waals surface area contributed by atoms with Gasteiger partial charge in [0.05, 0.1) is 16.4 Å². The number of alkyl halides is 2. The molecule has 2 saturated heterocycles. The quantitative estimate of drug-likeness (QED) is 0.572. The summed E-state index contributed by atoms with van der Waals surface area (Å²) in [5.74, 6) is -3.63. The van der Waals surface area contributed by atoms with Crippen molar-refractivity contribution in [1.82, 2.24) is 4.90 Å². The molecule has 2 fully saturated rings. The van der Waals surface area contributed by atoms with Crippen LogP contribution in [0.5, 0.6) is 0 Å². The van der Waals surface area contributed by atoms with E-state index in [9.17, 15) is 27.3 Å². The summed E-state index contributed by atoms with van der Waals surface area (Å²) in [4.78, 5) is 12.1. The van der Waals surface area contributed by atoms with E-state index in [2.05, 4.69) is 10.2 Å². The van der Waals surface area contributed by atoms with Crippen LogP contribution in [0.1, 0.15) is 19.3 Å².